The minimum absolute atomic E-state index is 0.0982. The van der Waals surface area contributed by atoms with Crippen LogP contribution in [0.15, 0.2) is 18.2 Å². The summed E-state index contributed by atoms with van der Waals surface area (Å²) in [7, 11) is 0. The van der Waals surface area contributed by atoms with E-state index in [0.29, 0.717) is 11.6 Å². The van der Waals surface area contributed by atoms with Gasteiger partial charge in [0.25, 0.3) is 0 Å². The highest BCUT2D eigenvalue weighted by atomic mass is 32.1. The van der Waals surface area contributed by atoms with Crippen molar-refractivity contribution >= 4 is 39.2 Å². The number of fused-ring (bicyclic) bond motifs is 1. The van der Waals surface area contributed by atoms with Gasteiger partial charge in [0, 0.05) is 18.2 Å². The summed E-state index contributed by atoms with van der Waals surface area (Å²) in [4.78, 5) is 26.5. The molecule has 2 aromatic rings. The number of amides is 2. The van der Waals surface area contributed by atoms with Gasteiger partial charge < -0.3 is 15.7 Å². The third kappa shape index (κ3) is 4.16. The number of hydrogen-bond acceptors (Lipinski definition) is 4. The maximum absolute atomic E-state index is 11.6. The van der Waals surface area contributed by atoms with Gasteiger partial charge in [-0.05, 0) is 18.2 Å². The molecule has 0 spiro atoms. The first kappa shape index (κ1) is 15.2. The molecule has 0 saturated carbocycles. The number of carboxylic acids is 1. The molecule has 6 nitrogen and oxygen atoms in total. The number of carbonyl (C=O) groups is 2. The number of carboxylic acid groups (broad SMARTS) is 1. The van der Waals surface area contributed by atoms with Crippen molar-refractivity contribution in [1.82, 2.24) is 10.3 Å². The maximum Gasteiger partial charge on any atom is 0.319 e. The second-order valence-electron chi connectivity index (χ2n) is 4.91. The number of benzene rings is 1. The van der Waals surface area contributed by atoms with Gasteiger partial charge in [-0.15, -0.1) is 11.3 Å². The molecule has 2 amide bonds. The van der Waals surface area contributed by atoms with Crippen molar-refractivity contribution < 1.29 is 14.7 Å². The summed E-state index contributed by atoms with van der Waals surface area (Å²) in [6.45, 7) is 4.28. The largest absolute Gasteiger partial charge is 0.481 e. The summed E-state index contributed by atoms with van der Waals surface area (Å²) >= 11 is 1.61. The number of urea groups is 1. The van der Waals surface area contributed by atoms with E-state index in [-0.39, 0.29) is 13.0 Å². The number of nitrogens with zero attached hydrogens (tertiary/aromatic N) is 1. The molecule has 0 atom stereocenters. The molecule has 3 N–H and O–H groups in total. The first-order chi connectivity index (χ1) is 9.95. The van der Waals surface area contributed by atoms with E-state index in [2.05, 4.69) is 29.5 Å². The molecular formula is C14H17N3O3S. The molecule has 1 heterocycles. The van der Waals surface area contributed by atoms with Crippen LogP contribution in [-0.4, -0.2) is 28.6 Å². The molecule has 0 radical (unpaired) electrons. The lowest BCUT2D eigenvalue weighted by Gasteiger charge is -2.06. The zero-order valence-electron chi connectivity index (χ0n) is 11.8. The Balaban J connectivity index is 2.02. The smallest absolute Gasteiger partial charge is 0.319 e. The zero-order chi connectivity index (χ0) is 15.4. The molecule has 0 bridgehead atoms. The topological polar surface area (TPSA) is 91.3 Å². The van der Waals surface area contributed by atoms with Gasteiger partial charge in [-0.2, -0.15) is 0 Å². The molecule has 0 aliphatic heterocycles. The molecule has 0 fully saturated rings. The van der Waals surface area contributed by atoms with E-state index in [9.17, 15) is 9.59 Å². The Kier molecular flexibility index (Phi) is 4.74. The predicted molar refractivity (Wildman–Crippen MR) is 83.0 cm³/mol. The standard InChI is InChI=1S/C14H17N3O3S/c1-8(2)13-17-10-4-3-9(7-11(10)21-13)16-14(20)15-6-5-12(18)19/h3-4,7-8H,5-6H2,1-2H3,(H,18,19)(H2,15,16,20). The van der Waals surface area contributed by atoms with Crippen molar-refractivity contribution in [1.29, 1.82) is 0 Å². The normalized spacial score (nSPS) is 10.8. The number of thiazole rings is 1. The Morgan fingerprint density at radius 2 is 2.14 bits per heavy atom. The lowest BCUT2D eigenvalue weighted by Crippen LogP contribution is -2.30. The summed E-state index contributed by atoms with van der Waals surface area (Å²) in [5, 5.41) is 14.7. The van der Waals surface area contributed by atoms with Crippen LogP contribution in [-0.2, 0) is 4.79 Å². The van der Waals surface area contributed by atoms with Crippen molar-refractivity contribution in [3.63, 3.8) is 0 Å². The molecule has 1 aromatic carbocycles. The molecule has 0 unspecified atom stereocenters. The molecule has 0 aliphatic carbocycles. The van der Waals surface area contributed by atoms with Crippen molar-refractivity contribution in [3.8, 4) is 0 Å². The number of aromatic nitrogens is 1. The predicted octanol–water partition coefficient (Wildman–Crippen LogP) is 3.02. The van der Waals surface area contributed by atoms with Gasteiger partial charge in [-0.25, -0.2) is 9.78 Å². The van der Waals surface area contributed by atoms with Crippen molar-refractivity contribution in [2.75, 3.05) is 11.9 Å². The van der Waals surface area contributed by atoms with Gasteiger partial charge in [0.05, 0.1) is 21.6 Å². The molecule has 1 aromatic heterocycles. The Morgan fingerprint density at radius 1 is 1.38 bits per heavy atom. The van der Waals surface area contributed by atoms with Crippen LogP contribution in [0.5, 0.6) is 0 Å². The Hall–Kier alpha value is -2.15. The number of aliphatic carboxylic acids is 1. The highest BCUT2D eigenvalue weighted by molar-refractivity contribution is 7.18. The summed E-state index contributed by atoms with van der Waals surface area (Å²) in [5.74, 6) is -0.569. The van der Waals surface area contributed by atoms with E-state index in [1.165, 1.54) is 0 Å². The number of hydrogen-bond donors (Lipinski definition) is 3. The SMILES string of the molecule is CC(C)c1nc2ccc(NC(=O)NCCC(=O)O)cc2s1. The van der Waals surface area contributed by atoms with Gasteiger partial charge >= 0.3 is 12.0 Å². The summed E-state index contributed by atoms with van der Waals surface area (Å²) in [5.41, 5.74) is 1.58. The molecule has 21 heavy (non-hydrogen) atoms. The Morgan fingerprint density at radius 3 is 2.81 bits per heavy atom. The number of nitrogens with one attached hydrogen (secondary N) is 2. The fourth-order valence-electron chi connectivity index (χ4n) is 1.73. The molecule has 112 valence electrons. The average Bonchev–Trinajstić information content (AvgIpc) is 2.81. The van der Waals surface area contributed by atoms with Crippen LogP contribution in [0.3, 0.4) is 0 Å². The highest BCUT2D eigenvalue weighted by Gasteiger charge is 2.09. The van der Waals surface area contributed by atoms with Gasteiger partial charge in [0.1, 0.15) is 0 Å². The van der Waals surface area contributed by atoms with Crippen molar-refractivity contribution in [2.24, 2.45) is 0 Å². The van der Waals surface area contributed by atoms with E-state index in [4.69, 9.17) is 5.11 Å². The van der Waals surface area contributed by atoms with E-state index in [1.807, 2.05) is 12.1 Å². The van der Waals surface area contributed by atoms with Crippen LogP contribution in [0, 0.1) is 0 Å². The van der Waals surface area contributed by atoms with E-state index in [0.717, 1.165) is 15.2 Å². The monoisotopic (exact) mass is 307 g/mol. The van der Waals surface area contributed by atoms with E-state index >= 15 is 0 Å². The quantitative estimate of drug-likeness (QED) is 0.792. The summed E-state index contributed by atoms with van der Waals surface area (Å²) < 4.78 is 1.02. The molecule has 0 saturated heterocycles. The average molecular weight is 307 g/mol. The number of carbonyl (C=O) groups excluding carboxylic acids is 1. The van der Waals surface area contributed by atoms with Crippen LogP contribution in [0.1, 0.15) is 31.2 Å². The Bertz CT molecular complexity index is 667. The molecule has 7 heteroatoms. The summed E-state index contributed by atoms with van der Waals surface area (Å²) in [6, 6.07) is 5.10. The van der Waals surface area contributed by atoms with E-state index in [1.54, 1.807) is 17.4 Å². The number of anilines is 1. The van der Waals surface area contributed by atoms with Crippen molar-refractivity contribution in [2.45, 2.75) is 26.2 Å². The zero-order valence-corrected chi connectivity index (χ0v) is 12.7. The third-order valence-electron chi connectivity index (χ3n) is 2.78. The Labute approximate surface area is 126 Å². The number of rotatable bonds is 5. The molecule has 0 aliphatic rings. The lowest BCUT2D eigenvalue weighted by molar-refractivity contribution is -0.136. The fourth-order valence-corrected chi connectivity index (χ4v) is 2.73. The van der Waals surface area contributed by atoms with Gasteiger partial charge in [-0.1, -0.05) is 13.8 Å². The maximum atomic E-state index is 11.6. The lowest BCUT2D eigenvalue weighted by atomic mass is 10.2. The van der Waals surface area contributed by atoms with Crippen LogP contribution in [0.25, 0.3) is 10.2 Å². The minimum Gasteiger partial charge on any atom is -0.481 e. The first-order valence-corrected chi connectivity index (χ1v) is 7.44. The van der Waals surface area contributed by atoms with Gasteiger partial charge in [0.2, 0.25) is 0 Å². The highest BCUT2D eigenvalue weighted by Crippen LogP contribution is 2.29. The summed E-state index contributed by atoms with van der Waals surface area (Å²) in [6.07, 6.45) is -0.0982. The second-order valence-corrected chi connectivity index (χ2v) is 5.98. The van der Waals surface area contributed by atoms with Crippen LogP contribution < -0.4 is 10.6 Å². The first-order valence-electron chi connectivity index (χ1n) is 6.63. The van der Waals surface area contributed by atoms with Crippen molar-refractivity contribution in [3.05, 3.63) is 23.2 Å². The van der Waals surface area contributed by atoms with E-state index < -0.39 is 12.0 Å². The van der Waals surface area contributed by atoms with Gasteiger partial charge in [-0.3, -0.25) is 4.79 Å². The molecular weight excluding hydrogens is 290 g/mol. The van der Waals surface area contributed by atoms with Crippen LogP contribution >= 0.6 is 11.3 Å². The fraction of sp³-hybridized carbons (Fsp3) is 0.357. The van der Waals surface area contributed by atoms with Gasteiger partial charge in [0.15, 0.2) is 0 Å². The van der Waals surface area contributed by atoms with Crippen LogP contribution in [0.4, 0.5) is 10.5 Å². The second kappa shape index (κ2) is 6.53. The molecule has 2 rings (SSSR count). The third-order valence-corrected chi connectivity index (χ3v) is 4.10. The van der Waals surface area contributed by atoms with Crippen LogP contribution in [0.2, 0.25) is 0 Å². The minimum atomic E-state index is -0.942.